The summed E-state index contributed by atoms with van der Waals surface area (Å²) in [4.78, 5) is 14.0. The monoisotopic (exact) mass is 180 g/mol. The zero-order valence-electron chi connectivity index (χ0n) is 7.83. The number of nitrogens with one attached hydrogen (secondary N) is 1. The van der Waals surface area contributed by atoms with E-state index in [1.54, 1.807) is 0 Å². The number of likely N-dealkylation sites (tertiary alicyclic amines) is 1. The van der Waals surface area contributed by atoms with Crippen molar-refractivity contribution >= 4 is 5.91 Å². The fraction of sp³-hybridized carbons (Fsp3) is 0.900. The van der Waals surface area contributed by atoms with Crippen LogP contribution in [0.5, 0.6) is 0 Å². The molecule has 0 aromatic rings. The third-order valence-electron chi connectivity index (χ3n) is 3.65. The molecule has 2 aliphatic heterocycles. The maximum atomic E-state index is 11.8. The van der Waals surface area contributed by atoms with Crippen LogP contribution in [0.3, 0.4) is 0 Å². The Morgan fingerprint density at radius 1 is 1.23 bits per heavy atom. The first kappa shape index (κ1) is 7.80. The van der Waals surface area contributed by atoms with Crippen LogP contribution in [0.2, 0.25) is 0 Å². The van der Waals surface area contributed by atoms with Gasteiger partial charge in [-0.25, -0.2) is 0 Å². The second-order valence-corrected chi connectivity index (χ2v) is 4.58. The van der Waals surface area contributed by atoms with E-state index in [2.05, 4.69) is 10.2 Å². The van der Waals surface area contributed by atoms with E-state index in [-0.39, 0.29) is 0 Å². The minimum absolute atomic E-state index is 0.402. The summed E-state index contributed by atoms with van der Waals surface area (Å²) < 4.78 is 0. The van der Waals surface area contributed by atoms with Gasteiger partial charge in [0.15, 0.2) is 0 Å². The summed E-state index contributed by atoms with van der Waals surface area (Å²) in [6.07, 6.45) is 3.50. The first-order chi connectivity index (χ1) is 6.36. The second kappa shape index (κ2) is 2.71. The third kappa shape index (κ3) is 1.17. The van der Waals surface area contributed by atoms with Crippen LogP contribution in [0.15, 0.2) is 0 Å². The minimum Gasteiger partial charge on any atom is -0.338 e. The van der Waals surface area contributed by atoms with Crippen LogP contribution in [-0.2, 0) is 4.79 Å². The van der Waals surface area contributed by atoms with Gasteiger partial charge in [0.05, 0.1) is 0 Å². The molecule has 1 aliphatic carbocycles. The van der Waals surface area contributed by atoms with Gasteiger partial charge >= 0.3 is 0 Å². The van der Waals surface area contributed by atoms with Crippen molar-refractivity contribution in [3.8, 4) is 0 Å². The number of nitrogens with zero attached hydrogens (tertiary/aromatic N) is 1. The van der Waals surface area contributed by atoms with Gasteiger partial charge in [-0.2, -0.15) is 0 Å². The molecule has 3 rings (SSSR count). The van der Waals surface area contributed by atoms with Crippen LogP contribution in [0.1, 0.15) is 19.3 Å². The number of hydrogen-bond donors (Lipinski definition) is 1. The zero-order chi connectivity index (χ0) is 8.84. The SMILES string of the molecule is O=C(C1CC1)N1CC[C@@H]2CNC[C@@H]21. The van der Waals surface area contributed by atoms with Crippen LogP contribution in [0.4, 0.5) is 0 Å². The lowest BCUT2D eigenvalue weighted by molar-refractivity contribution is -0.133. The first-order valence-corrected chi connectivity index (χ1v) is 5.37. The van der Waals surface area contributed by atoms with E-state index in [1.165, 1.54) is 6.42 Å². The maximum Gasteiger partial charge on any atom is 0.225 e. The van der Waals surface area contributed by atoms with Crippen LogP contribution >= 0.6 is 0 Å². The Bertz CT molecular complexity index is 237. The van der Waals surface area contributed by atoms with Crippen LogP contribution in [-0.4, -0.2) is 36.5 Å². The predicted octanol–water partition coefficient (Wildman–Crippen LogP) is 0.217. The smallest absolute Gasteiger partial charge is 0.225 e. The van der Waals surface area contributed by atoms with E-state index in [9.17, 15) is 4.79 Å². The highest BCUT2D eigenvalue weighted by Gasteiger charge is 2.43. The van der Waals surface area contributed by atoms with Crippen molar-refractivity contribution in [2.45, 2.75) is 25.3 Å². The molecule has 72 valence electrons. The Hall–Kier alpha value is -0.570. The van der Waals surface area contributed by atoms with Gasteiger partial charge < -0.3 is 10.2 Å². The number of amides is 1. The molecule has 1 saturated carbocycles. The molecule has 3 heteroatoms. The van der Waals surface area contributed by atoms with E-state index in [4.69, 9.17) is 0 Å². The van der Waals surface area contributed by atoms with Crippen molar-refractivity contribution < 1.29 is 4.79 Å². The van der Waals surface area contributed by atoms with Crippen molar-refractivity contribution in [3.63, 3.8) is 0 Å². The Kier molecular flexibility index (Phi) is 1.62. The highest BCUT2D eigenvalue weighted by atomic mass is 16.2. The quantitative estimate of drug-likeness (QED) is 0.626. The molecule has 0 aromatic carbocycles. The van der Waals surface area contributed by atoms with Gasteiger partial charge in [0, 0.05) is 31.6 Å². The molecule has 2 atom stereocenters. The largest absolute Gasteiger partial charge is 0.338 e. The van der Waals surface area contributed by atoms with E-state index >= 15 is 0 Å². The fourth-order valence-electron chi connectivity index (χ4n) is 2.69. The number of rotatable bonds is 1. The lowest BCUT2D eigenvalue weighted by Crippen LogP contribution is -2.39. The van der Waals surface area contributed by atoms with Crippen molar-refractivity contribution in [2.24, 2.45) is 11.8 Å². The molecule has 2 saturated heterocycles. The number of hydrogen-bond acceptors (Lipinski definition) is 2. The highest BCUT2D eigenvalue weighted by molar-refractivity contribution is 5.81. The van der Waals surface area contributed by atoms with Gasteiger partial charge in [0.2, 0.25) is 5.91 Å². The summed E-state index contributed by atoms with van der Waals surface area (Å²) >= 11 is 0. The summed E-state index contributed by atoms with van der Waals surface area (Å²) in [5, 5.41) is 3.37. The number of fused-ring (bicyclic) bond motifs is 1. The van der Waals surface area contributed by atoms with E-state index in [0.29, 0.717) is 17.9 Å². The normalized spacial score (nSPS) is 38.0. The summed E-state index contributed by atoms with van der Waals surface area (Å²) in [5.74, 6) is 1.60. The molecule has 3 aliphatic rings. The Morgan fingerprint density at radius 2 is 2.08 bits per heavy atom. The van der Waals surface area contributed by atoms with Crippen LogP contribution in [0.25, 0.3) is 0 Å². The molecule has 3 nitrogen and oxygen atoms in total. The lowest BCUT2D eigenvalue weighted by atomic mass is 10.1. The number of carbonyl (C=O) groups excluding carboxylic acids is 1. The first-order valence-electron chi connectivity index (χ1n) is 5.37. The topological polar surface area (TPSA) is 32.3 Å². The third-order valence-corrected chi connectivity index (χ3v) is 3.65. The van der Waals surface area contributed by atoms with Crippen molar-refractivity contribution in [3.05, 3.63) is 0 Å². The molecule has 1 N–H and O–H groups in total. The Morgan fingerprint density at radius 3 is 2.85 bits per heavy atom. The molecule has 13 heavy (non-hydrogen) atoms. The van der Waals surface area contributed by atoms with E-state index in [1.807, 2.05) is 0 Å². The predicted molar refractivity (Wildman–Crippen MR) is 49.2 cm³/mol. The van der Waals surface area contributed by atoms with Crippen LogP contribution < -0.4 is 5.32 Å². The maximum absolute atomic E-state index is 11.8. The zero-order valence-corrected chi connectivity index (χ0v) is 7.83. The summed E-state index contributed by atoms with van der Waals surface area (Å²) in [6.45, 7) is 3.18. The van der Waals surface area contributed by atoms with Gasteiger partial charge in [-0.05, 0) is 25.2 Å². The second-order valence-electron chi connectivity index (χ2n) is 4.58. The molecule has 0 spiro atoms. The van der Waals surface area contributed by atoms with E-state index in [0.717, 1.165) is 38.4 Å². The van der Waals surface area contributed by atoms with Gasteiger partial charge in [-0.3, -0.25) is 4.79 Å². The molecular formula is C10H16N2O. The molecule has 0 radical (unpaired) electrons. The summed E-state index contributed by atoms with van der Waals surface area (Å²) in [7, 11) is 0. The van der Waals surface area contributed by atoms with Crippen LogP contribution in [0, 0.1) is 11.8 Å². The summed E-state index contributed by atoms with van der Waals surface area (Å²) in [6, 6.07) is 0.535. The fourth-order valence-corrected chi connectivity index (χ4v) is 2.69. The molecule has 2 heterocycles. The Labute approximate surface area is 78.5 Å². The minimum atomic E-state index is 0.402. The average Bonchev–Trinajstić information content (AvgIpc) is 2.73. The van der Waals surface area contributed by atoms with Crippen molar-refractivity contribution in [2.75, 3.05) is 19.6 Å². The summed E-state index contributed by atoms with van der Waals surface area (Å²) in [5.41, 5.74) is 0. The van der Waals surface area contributed by atoms with E-state index < -0.39 is 0 Å². The molecule has 0 bridgehead atoms. The number of carbonyl (C=O) groups is 1. The molecular weight excluding hydrogens is 164 g/mol. The molecule has 0 aromatic heterocycles. The van der Waals surface area contributed by atoms with Crippen molar-refractivity contribution in [1.29, 1.82) is 0 Å². The van der Waals surface area contributed by atoms with Gasteiger partial charge in [0.1, 0.15) is 0 Å². The average molecular weight is 180 g/mol. The lowest BCUT2D eigenvalue weighted by Gasteiger charge is -2.23. The van der Waals surface area contributed by atoms with Gasteiger partial charge in [0.25, 0.3) is 0 Å². The molecule has 0 unspecified atom stereocenters. The molecule has 1 amide bonds. The standard InChI is InChI=1S/C10H16N2O/c13-10(7-1-2-7)12-4-3-8-5-11-6-9(8)12/h7-9,11H,1-6H2/t8-,9+/m1/s1. The molecule has 3 fully saturated rings. The highest BCUT2D eigenvalue weighted by Crippen LogP contribution is 2.35. The van der Waals surface area contributed by atoms with Crippen molar-refractivity contribution in [1.82, 2.24) is 10.2 Å². The van der Waals surface area contributed by atoms with Gasteiger partial charge in [-0.15, -0.1) is 0 Å². The van der Waals surface area contributed by atoms with Gasteiger partial charge in [-0.1, -0.05) is 0 Å². The Balaban J connectivity index is 1.73.